The molecule has 2 aliphatic rings. The zero-order valence-electron chi connectivity index (χ0n) is 28.4. The molecule has 50 heavy (non-hydrogen) atoms. The lowest BCUT2D eigenvalue weighted by Crippen LogP contribution is -2.21. The molecule has 0 saturated carbocycles. The molecule has 240 valence electrons. The van der Waals surface area contributed by atoms with E-state index in [0.717, 1.165) is 34.6 Å². The van der Waals surface area contributed by atoms with Crippen LogP contribution in [0.1, 0.15) is 23.1 Å². The molecule has 0 radical (unpaired) electrons. The summed E-state index contributed by atoms with van der Waals surface area (Å²) in [5, 5.41) is 7.53. The Bertz CT molecular complexity index is 2360. The Morgan fingerprint density at radius 1 is 0.560 bits per heavy atom. The fourth-order valence-corrected chi connectivity index (χ4v) is 6.80. The van der Waals surface area contributed by atoms with Crippen LogP contribution in [0.5, 0.6) is 0 Å². The quantitative estimate of drug-likeness (QED) is 0.153. The smallest absolute Gasteiger partial charge is 0.0494 e. The van der Waals surface area contributed by atoms with E-state index in [1.54, 1.807) is 0 Å². The van der Waals surface area contributed by atoms with Gasteiger partial charge in [0.2, 0.25) is 0 Å². The van der Waals surface area contributed by atoms with Gasteiger partial charge in [-0.2, -0.15) is 0 Å². The van der Waals surface area contributed by atoms with Gasteiger partial charge in [0.05, 0.1) is 0 Å². The molecule has 1 unspecified atom stereocenters. The molecule has 2 heteroatoms. The van der Waals surface area contributed by atoms with Crippen molar-refractivity contribution < 1.29 is 0 Å². The average molecular weight is 643 g/mol. The zero-order valence-corrected chi connectivity index (χ0v) is 28.4. The zero-order chi connectivity index (χ0) is 33.9. The second-order valence-electron chi connectivity index (χ2n) is 13.2. The molecule has 0 bridgehead atoms. The van der Waals surface area contributed by atoms with Gasteiger partial charge in [0, 0.05) is 40.3 Å². The molecule has 0 spiro atoms. The molecule has 0 amide bonds. The highest BCUT2D eigenvalue weighted by molar-refractivity contribution is 5.87. The number of hydrogen-bond donors (Lipinski definition) is 2. The third-order valence-electron chi connectivity index (χ3n) is 9.46. The fourth-order valence-electron chi connectivity index (χ4n) is 6.80. The highest BCUT2D eigenvalue weighted by Gasteiger charge is 2.20. The first-order chi connectivity index (χ1) is 24.5. The number of allylic oxidation sites excluding steroid dienone is 4. The first kappa shape index (κ1) is 31.0. The minimum absolute atomic E-state index is 0.128. The lowest BCUT2D eigenvalue weighted by Gasteiger charge is -2.25. The number of rotatable bonds is 9. The standard InChI is InChI=1S/C48H38N2/c1-33-9-6-15-39(27-33)36-17-22-44(23-18-36)49-46-30-42(35-13-8-14-35)29-43(31-46)41-21-26-48(47(32-41)38-11-4-3-5-12-38)50-45-24-19-37(20-25-45)40-16-7-10-34(2)28-40/h3-7,9-13,15-29,31-32,46,49-50H,30H2,1-2H3. The van der Waals surface area contributed by atoms with E-state index in [1.165, 1.54) is 55.7 Å². The number of anilines is 3. The van der Waals surface area contributed by atoms with Crippen molar-refractivity contribution in [1.82, 2.24) is 0 Å². The predicted octanol–water partition coefficient (Wildman–Crippen LogP) is 12.5. The van der Waals surface area contributed by atoms with Crippen molar-refractivity contribution >= 4 is 22.6 Å². The lowest BCUT2D eigenvalue weighted by molar-refractivity contribution is 0.853. The van der Waals surface area contributed by atoms with Crippen LogP contribution < -0.4 is 10.6 Å². The molecule has 0 aliphatic heterocycles. The van der Waals surface area contributed by atoms with E-state index in [4.69, 9.17) is 0 Å². The molecule has 1 atom stereocenters. The minimum atomic E-state index is 0.128. The van der Waals surface area contributed by atoms with Crippen LogP contribution in [0.2, 0.25) is 0 Å². The van der Waals surface area contributed by atoms with Crippen LogP contribution in [0.25, 0.3) is 39.0 Å². The van der Waals surface area contributed by atoms with Crippen molar-refractivity contribution in [2.24, 2.45) is 0 Å². The van der Waals surface area contributed by atoms with Gasteiger partial charge in [-0.3, -0.25) is 0 Å². The van der Waals surface area contributed by atoms with E-state index in [1.807, 2.05) is 6.08 Å². The SMILES string of the molecule is Cc1cccc(-c2ccc(Nc3ccc(C4=CC(Nc5ccc(-c6cccc(C)c6)cc5)CC(C5=C=C=C5)=C4)cc3-c3ccccc3)cc2)c1. The largest absolute Gasteiger partial charge is 0.378 e. The van der Waals surface area contributed by atoms with E-state index < -0.39 is 0 Å². The molecule has 6 aromatic carbocycles. The third-order valence-corrected chi connectivity index (χ3v) is 9.46. The van der Waals surface area contributed by atoms with E-state index in [0.29, 0.717) is 0 Å². The fraction of sp³-hybridized carbons (Fsp3) is 0.0833. The van der Waals surface area contributed by atoms with E-state index in [9.17, 15) is 0 Å². The van der Waals surface area contributed by atoms with Gasteiger partial charge >= 0.3 is 0 Å². The van der Waals surface area contributed by atoms with Gasteiger partial charge in [0.1, 0.15) is 0 Å². The van der Waals surface area contributed by atoms with Gasteiger partial charge in [0.15, 0.2) is 0 Å². The van der Waals surface area contributed by atoms with Crippen LogP contribution in [0.15, 0.2) is 186 Å². The molecule has 2 nitrogen and oxygen atoms in total. The summed E-state index contributed by atoms with van der Waals surface area (Å²) in [7, 11) is 0. The van der Waals surface area contributed by atoms with Crippen molar-refractivity contribution in [1.29, 1.82) is 0 Å². The van der Waals surface area contributed by atoms with Gasteiger partial charge in [-0.15, -0.1) is 0 Å². The summed E-state index contributed by atoms with van der Waals surface area (Å²) in [4.78, 5) is 0. The monoisotopic (exact) mass is 642 g/mol. The van der Waals surface area contributed by atoms with E-state index >= 15 is 0 Å². The van der Waals surface area contributed by atoms with Crippen molar-refractivity contribution in [2.75, 3.05) is 10.6 Å². The second kappa shape index (κ2) is 13.7. The summed E-state index contributed by atoms with van der Waals surface area (Å²) in [6, 6.07) is 52.3. The molecule has 0 saturated heterocycles. The first-order valence-corrected chi connectivity index (χ1v) is 17.3. The van der Waals surface area contributed by atoms with Gasteiger partial charge in [-0.1, -0.05) is 144 Å². The number of aryl methyl sites for hydroxylation is 2. The molecular weight excluding hydrogens is 605 g/mol. The molecule has 8 rings (SSSR count). The predicted molar refractivity (Wildman–Crippen MR) is 212 cm³/mol. The highest BCUT2D eigenvalue weighted by atomic mass is 14.9. The van der Waals surface area contributed by atoms with Crippen molar-refractivity contribution in [2.45, 2.75) is 26.3 Å². The van der Waals surface area contributed by atoms with Crippen LogP contribution in [0, 0.1) is 13.8 Å². The number of nitrogens with one attached hydrogen (secondary N) is 2. The van der Waals surface area contributed by atoms with Crippen LogP contribution in [0.4, 0.5) is 17.1 Å². The molecule has 2 aliphatic carbocycles. The van der Waals surface area contributed by atoms with Gasteiger partial charge in [-0.05, 0) is 101 Å². The van der Waals surface area contributed by atoms with Crippen molar-refractivity contribution in [3.63, 3.8) is 0 Å². The molecule has 0 heterocycles. The van der Waals surface area contributed by atoms with E-state index in [-0.39, 0.29) is 6.04 Å². The average Bonchev–Trinajstić information content (AvgIpc) is 3.12. The highest BCUT2D eigenvalue weighted by Crippen LogP contribution is 2.37. The summed E-state index contributed by atoms with van der Waals surface area (Å²) >= 11 is 0. The van der Waals surface area contributed by atoms with Gasteiger partial charge in [-0.25, -0.2) is 0 Å². The Morgan fingerprint density at radius 3 is 1.76 bits per heavy atom. The summed E-state index contributed by atoms with van der Waals surface area (Å²) < 4.78 is 0. The Labute approximate surface area is 295 Å². The minimum Gasteiger partial charge on any atom is -0.378 e. The normalized spacial score (nSPS) is 14.7. The van der Waals surface area contributed by atoms with Crippen LogP contribution in [0.3, 0.4) is 0 Å². The van der Waals surface area contributed by atoms with Gasteiger partial charge < -0.3 is 10.6 Å². The van der Waals surface area contributed by atoms with Gasteiger partial charge in [0.25, 0.3) is 0 Å². The molecule has 6 aromatic rings. The van der Waals surface area contributed by atoms with Crippen LogP contribution >= 0.6 is 0 Å². The lowest BCUT2D eigenvalue weighted by atomic mass is 9.86. The summed E-state index contributed by atoms with van der Waals surface area (Å²) in [5.74, 6) is 0. The maximum absolute atomic E-state index is 3.81. The Hall–Kier alpha value is -6.30. The summed E-state index contributed by atoms with van der Waals surface area (Å²) in [6.45, 7) is 4.27. The Morgan fingerprint density at radius 2 is 1.16 bits per heavy atom. The number of benzene rings is 6. The Balaban J connectivity index is 1.09. The van der Waals surface area contributed by atoms with Crippen molar-refractivity contribution in [3.05, 3.63) is 203 Å². The molecule has 0 fully saturated rings. The van der Waals surface area contributed by atoms with Crippen molar-refractivity contribution in [3.8, 4) is 33.4 Å². The molecule has 0 aromatic heterocycles. The second-order valence-corrected chi connectivity index (χ2v) is 13.2. The van der Waals surface area contributed by atoms with Crippen LogP contribution in [-0.4, -0.2) is 6.04 Å². The maximum atomic E-state index is 3.81. The third kappa shape index (κ3) is 6.81. The molecular formula is C48H38N2. The topological polar surface area (TPSA) is 24.1 Å². The molecule has 2 N–H and O–H groups in total. The number of hydrogen-bond acceptors (Lipinski definition) is 2. The summed E-state index contributed by atoms with van der Waals surface area (Å²) in [6.07, 6.45) is 7.61. The summed E-state index contributed by atoms with van der Waals surface area (Å²) in [5.41, 5.74) is 24.1. The Kier molecular flexibility index (Phi) is 8.47. The first-order valence-electron chi connectivity index (χ1n) is 17.3. The van der Waals surface area contributed by atoms with Crippen LogP contribution in [-0.2, 0) is 0 Å². The maximum Gasteiger partial charge on any atom is 0.0494 e. The van der Waals surface area contributed by atoms with E-state index in [2.05, 4.69) is 194 Å².